The highest BCUT2D eigenvalue weighted by atomic mass is 15.2. The average molecular weight is 302 g/mol. The molecule has 4 heteroatoms. The van der Waals surface area contributed by atoms with Gasteiger partial charge in [-0.1, -0.05) is 30.7 Å². The number of nitrogens with zero attached hydrogens (tertiary/aromatic N) is 3. The normalized spacial score (nSPS) is 16.7. The number of aliphatic imine (C=N–C) groups is 1. The van der Waals surface area contributed by atoms with Crippen molar-refractivity contribution >= 4 is 5.96 Å². The number of piperidine rings is 1. The van der Waals surface area contributed by atoms with Gasteiger partial charge >= 0.3 is 0 Å². The van der Waals surface area contributed by atoms with Crippen LogP contribution < -0.4 is 5.73 Å². The minimum absolute atomic E-state index is 0.641. The largest absolute Gasteiger partial charge is 0.370 e. The summed E-state index contributed by atoms with van der Waals surface area (Å²) in [6.45, 7) is 10.2. The van der Waals surface area contributed by atoms with Crippen LogP contribution in [0.2, 0.25) is 0 Å². The lowest BCUT2D eigenvalue weighted by Gasteiger charge is -2.26. The van der Waals surface area contributed by atoms with Gasteiger partial charge in [0.1, 0.15) is 0 Å². The molecular weight excluding hydrogens is 272 g/mol. The van der Waals surface area contributed by atoms with E-state index in [1.54, 1.807) is 0 Å². The Balaban J connectivity index is 1.87. The van der Waals surface area contributed by atoms with Crippen LogP contribution in [0, 0.1) is 0 Å². The van der Waals surface area contributed by atoms with Crippen molar-refractivity contribution in [1.29, 1.82) is 0 Å². The molecule has 122 valence electrons. The van der Waals surface area contributed by atoms with E-state index in [0.29, 0.717) is 12.5 Å². The van der Waals surface area contributed by atoms with Gasteiger partial charge in [0.15, 0.2) is 5.96 Å². The maximum absolute atomic E-state index is 6.01. The Morgan fingerprint density at radius 1 is 1.05 bits per heavy atom. The van der Waals surface area contributed by atoms with Crippen molar-refractivity contribution < 1.29 is 0 Å². The summed E-state index contributed by atoms with van der Waals surface area (Å²) in [5, 5.41) is 0. The van der Waals surface area contributed by atoms with Crippen molar-refractivity contribution in [3.8, 4) is 0 Å². The SMILES string of the molecule is CCN(CC)C(N)=NCc1ccc(CN2CCCCC2)cc1. The molecular formula is C18H30N4. The standard InChI is InChI=1S/C18H30N4/c1-3-22(4-2)18(19)20-14-16-8-10-17(11-9-16)15-21-12-6-5-7-13-21/h8-11H,3-7,12-15H2,1-2H3,(H2,19,20). The van der Waals surface area contributed by atoms with E-state index < -0.39 is 0 Å². The first kappa shape index (κ1) is 16.8. The molecule has 0 radical (unpaired) electrons. The van der Waals surface area contributed by atoms with Crippen LogP contribution in [0.1, 0.15) is 44.2 Å². The molecule has 1 aromatic carbocycles. The zero-order valence-electron chi connectivity index (χ0n) is 14.1. The second-order valence-corrected chi connectivity index (χ2v) is 6.00. The lowest BCUT2D eigenvalue weighted by molar-refractivity contribution is 0.221. The van der Waals surface area contributed by atoms with Gasteiger partial charge in [-0.25, -0.2) is 4.99 Å². The monoisotopic (exact) mass is 302 g/mol. The van der Waals surface area contributed by atoms with Crippen molar-refractivity contribution in [2.75, 3.05) is 26.2 Å². The molecule has 0 aliphatic carbocycles. The van der Waals surface area contributed by atoms with Gasteiger partial charge in [-0.3, -0.25) is 4.90 Å². The van der Waals surface area contributed by atoms with Crippen molar-refractivity contribution in [3.63, 3.8) is 0 Å². The molecule has 0 saturated carbocycles. The smallest absolute Gasteiger partial charge is 0.191 e. The topological polar surface area (TPSA) is 44.9 Å². The predicted molar refractivity (Wildman–Crippen MR) is 93.8 cm³/mol. The average Bonchev–Trinajstić information content (AvgIpc) is 2.56. The first-order chi connectivity index (χ1) is 10.7. The fourth-order valence-corrected chi connectivity index (χ4v) is 2.95. The summed E-state index contributed by atoms with van der Waals surface area (Å²) in [6, 6.07) is 8.82. The number of likely N-dealkylation sites (tertiary alicyclic amines) is 1. The third kappa shape index (κ3) is 5.02. The Bertz CT molecular complexity index is 456. The van der Waals surface area contributed by atoms with Crippen molar-refractivity contribution in [2.45, 2.75) is 46.2 Å². The molecule has 1 aromatic rings. The number of hydrogen-bond acceptors (Lipinski definition) is 2. The lowest BCUT2D eigenvalue weighted by atomic mass is 10.1. The Kier molecular flexibility index (Phi) is 6.72. The van der Waals surface area contributed by atoms with Gasteiger partial charge in [-0.2, -0.15) is 0 Å². The van der Waals surface area contributed by atoms with Crippen molar-refractivity contribution in [2.24, 2.45) is 10.7 Å². The highest BCUT2D eigenvalue weighted by molar-refractivity contribution is 5.77. The van der Waals surface area contributed by atoms with Crippen LogP contribution in [0.25, 0.3) is 0 Å². The van der Waals surface area contributed by atoms with E-state index in [0.717, 1.165) is 19.6 Å². The van der Waals surface area contributed by atoms with Gasteiger partial charge in [0.2, 0.25) is 0 Å². The Labute approximate surface area is 135 Å². The molecule has 0 atom stereocenters. The maximum atomic E-state index is 6.01. The summed E-state index contributed by atoms with van der Waals surface area (Å²) in [5.74, 6) is 0.641. The van der Waals surface area contributed by atoms with E-state index in [4.69, 9.17) is 5.73 Å². The number of hydrogen-bond donors (Lipinski definition) is 1. The highest BCUT2D eigenvalue weighted by Crippen LogP contribution is 2.14. The molecule has 4 nitrogen and oxygen atoms in total. The molecule has 0 spiro atoms. The molecule has 0 unspecified atom stereocenters. The first-order valence-corrected chi connectivity index (χ1v) is 8.58. The minimum Gasteiger partial charge on any atom is -0.370 e. The van der Waals surface area contributed by atoms with E-state index in [2.05, 4.69) is 52.9 Å². The zero-order chi connectivity index (χ0) is 15.8. The van der Waals surface area contributed by atoms with Crippen LogP contribution in [0.15, 0.2) is 29.3 Å². The van der Waals surface area contributed by atoms with Gasteiger partial charge in [0.05, 0.1) is 6.54 Å². The first-order valence-electron chi connectivity index (χ1n) is 8.58. The van der Waals surface area contributed by atoms with Gasteiger partial charge in [0.25, 0.3) is 0 Å². The minimum atomic E-state index is 0.641. The second-order valence-electron chi connectivity index (χ2n) is 6.00. The molecule has 1 saturated heterocycles. The molecule has 1 fully saturated rings. The lowest BCUT2D eigenvalue weighted by Crippen LogP contribution is -2.37. The van der Waals surface area contributed by atoms with Crippen LogP contribution in [0.4, 0.5) is 0 Å². The third-order valence-corrected chi connectivity index (χ3v) is 4.39. The Morgan fingerprint density at radius 3 is 2.23 bits per heavy atom. The molecule has 2 rings (SSSR count). The summed E-state index contributed by atoms with van der Waals surface area (Å²) < 4.78 is 0. The Hall–Kier alpha value is -1.55. The number of benzene rings is 1. The molecule has 1 aliphatic rings. The predicted octanol–water partition coefficient (Wildman–Crippen LogP) is 2.83. The van der Waals surface area contributed by atoms with E-state index in [1.807, 2.05) is 0 Å². The van der Waals surface area contributed by atoms with Crippen molar-refractivity contribution in [3.05, 3.63) is 35.4 Å². The van der Waals surface area contributed by atoms with Crippen LogP contribution >= 0.6 is 0 Å². The van der Waals surface area contributed by atoms with Crippen molar-refractivity contribution in [1.82, 2.24) is 9.80 Å². The van der Waals surface area contributed by atoms with Gasteiger partial charge in [-0.05, 0) is 50.9 Å². The van der Waals surface area contributed by atoms with Gasteiger partial charge < -0.3 is 10.6 Å². The summed E-state index contributed by atoms with van der Waals surface area (Å²) in [7, 11) is 0. The fourth-order valence-electron chi connectivity index (χ4n) is 2.95. The van der Waals surface area contributed by atoms with Crippen LogP contribution in [-0.4, -0.2) is 41.9 Å². The summed E-state index contributed by atoms with van der Waals surface area (Å²) in [4.78, 5) is 9.12. The number of nitrogens with two attached hydrogens (primary N) is 1. The quantitative estimate of drug-likeness (QED) is 0.649. The molecule has 2 N–H and O–H groups in total. The van der Waals surface area contributed by atoms with Crippen LogP contribution in [0.3, 0.4) is 0 Å². The van der Waals surface area contributed by atoms with E-state index in [-0.39, 0.29) is 0 Å². The van der Waals surface area contributed by atoms with Crippen LogP contribution in [-0.2, 0) is 13.1 Å². The van der Waals surface area contributed by atoms with E-state index >= 15 is 0 Å². The zero-order valence-corrected chi connectivity index (χ0v) is 14.1. The summed E-state index contributed by atoms with van der Waals surface area (Å²) in [6.07, 6.45) is 4.08. The number of rotatable bonds is 6. The fraction of sp³-hybridized carbons (Fsp3) is 0.611. The molecule has 0 amide bonds. The highest BCUT2D eigenvalue weighted by Gasteiger charge is 2.10. The summed E-state index contributed by atoms with van der Waals surface area (Å²) >= 11 is 0. The maximum Gasteiger partial charge on any atom is 0.191 e. The Morgan fingerprint density at radius 2 is 1.64 bits per heavy atom. The van der Waals surface area contributed by atoms with E-state index in [1.165, 1.54) is 43.5 Å². The molecule has 0 aromatic heterocycles. The molecule has 22 heavy (non-hydrogen) atoms. The van der Waals surface area contributed by atoms with Gasteiger partial charge in [-0.15, -0.1) is 0 Å². The summed E-state index contributed by atoms with van der Waals surface area (Å²) in [5.41, 5.74) is 8.62. The number of guanidine groups is 1. The second kappa shape index (κ2) is 8.79. The van der Waals surface area contributed by atoms with Crippen LogP contribution in [0.5, 0.6) is 0 Å². The molecule has 0 bridgehead atoms. The van der Waals surface area contributed by atoms with Gasteiger partial charge in [0, 0.05) is 19.6 Å². The third-order valence-electron chi connectivity index (χ3n) is 4.39. The molecule has 1 heterocycles. The van der Waals surface area contributed by atoms with E-state index in [9.17, 15) is 0 Å². The molecule has 1 aliphatic heterocycles.